The second kappa shape index (κ2) is 4.27. The summed E-state index contributed by atoms with van der Waals surface area (Å²) >= 11 is 0. The molecule has 5 rings (SSSR count). The van der Waals surface area contributed by atoms with Gasteiger partial charge < -0.3 is 5.11 Å². The predicted octanol–water partition coefficient (Wildman–Crippen LogP) is 1.86. The first kappa shape index (κ1) is 12.3. The fourth-order valence-corrected chi connectivity index (χ4v) is 5.15. The minimum absolute atomic E-state index is 0.375. The zero-order valence-electron chi connectivity index (χ0n) is 11.6. The first-order valence-electron chi connectivity index (χ1n) is 7.64. The van der Waals surface area contributed by atoms with Crippen LogP contribution in [0.25, 0.3) is 0 Å². The number of hydrogen-bond donors (Lipinski definition) is 1. The van der Waals surface area contributed by atoms with Gasteiger partial charge in [0.1, 0.15) is 6.04 Å². The predicted molar refractivity (Wildman–Crippen MR) is 69.9 cm³/mol. The van der Waals surface area contributed by atoms with Crippen molar-refractivity contribution >= 4 is 5.97 Å². The van der Waals surface area contributed by atoms with E-state index >= 15 is 0 Å². The Balaban J connectivity index is 1.68. The van der Waals surface area contributed by atoms with Crippen molar-refractivity contribution in [1.29, 1.82) is 0 Å². The average molecular weight is 276 g/mol. The molecule has 1 heterocycles. The molecule has 1 aromatic rings. The summed E-state index contributed by atoms with van der Waals surface area (Å²) in [5.74, 6) is 3.44. The molecule has 4 aliphatic carbocycles. The van der Waals surface area contributed by atoms with Crippen molar-refractivity contribution in [3.05, 3.63) is 5.82 Å². The van der Waals surface area contributed by atoms with Gasteiger partial charge in [-0.2, -0.15) is 0 Å². The quantitative estimate of drug-likeness (QED) is 0.911. The fourth-order valence-electron chi connectivity index (χ4n) is 5.15. The number of rotatable bonds is 3. The Bertz CT molecular complexity index is 513. The second-order valence-electron chi connectivity index (χ2n) is 6.95. The molecule has 0 aliphatic heterocycles. The van der Waals surface area contributed by atoms with Crippen molar-refractivity contribution in [1.82, 2.24) is 20.2 Å². The van der Waals surface area contributed by atoms with Gasteiger partial charge in [0, 0.05) is 5.92 Å². The van der Waals surface area contributed by atoms with Gasteiger partial charge in [0.25, 0.3) is 0 Å². The highest BCUT2D eigenvalue weighted by Gasteiger charge is 2.50. The van der Waals surface area contributed by atoms with Crippen LogP contribution in [0.2, 0.25) is 0 Å². The van der Waals surface area contributed by atoms with E-state index in [9.17, 15) is 9.90 Å². The molecule has 4 bridgehead atoms. The van der Waals surface area contributed by atoms with Crippen LogP contribution in [0.15, 0.2) is 0 Å². The Kier molecular flexibility index (Phi) is 2.62. The topological polar surface area (TPSA) is 80.9 Å². The third-order valence-corrected chi connectivity index (χ3v) is 5.77. The highest BCUT2D eigenvalue weighted by Crippen LogP contribution is 2.59. The lowest BCUT2D eigenvalue weighted by atomic mass is 9.51. The van der Waals surface area contributed by atoms with Crippen LogP contribution < -0.4 is 0 Å². The summed E-state index contributed by atoms with van der Waals surface area (Å²) in [6.45, 7) is 1.65. The summed E-state index contributed by atoms with van der Waals surface area (Å²) in [5.41, 5.74) is 0. The number of carbonyl (C=O) groups is 1. The van der Waals surface area contributed by atoms with Crippen LogP contribution in [0.1, 0.15) is 56.8 Å². The van der Waals surface area contributed by atoms with E-state index in [1.807, 2.05) is 0 Å². The van der Waals surface area contributed by atoms with Crippen molar-refractivity contribution in [2.24, 2.45) is 23.7 Å². The van der Waals surface area contributed by atoms with Crippen molar-refractivity contribution in [3.8, 4) is 0 Å². The highest BCUT2D eigenvalue weighted by molar-refractivity contribution is 5.71. The van der Waals surface area contributed by atoms with Gasteiger partial charge in [0.15, 0.2) is 5.82 Å². The molecule has 108 valence electrons. The molecule has 4 aliphatic rings. The van der Waals surface area contributed by atoms with E-state index in [4.69, 9.17) is 0 Å². The van der Waals surface area contributed by atoms with Crippen LogP contribution in [-0.2, 0) is 4.79 Å². The summed E-state index contributed by atoms with van der Waals surface area (Å²) in [6.07, 6.45) is 6.55. The number of carboxylic acid groups (broad SMARTS) is 1. The Morgan fingerprint density at radius 1 is 1.20 bits per heavy atom. The molecule has 6 nitrogen and oxygen atoms in total. The van der Waals surface area contributed by atoms with Crippen molar-refractivity contribution < 1.29 is 9.90 Å². The molecule has 0 aromatic carbocycles. The molecule has 6 heteroatoms. The van der Waals surface area contributed by atoms with Gasteiger partial charge in [-0.3, -0.25) is 0 Å². The number of tetrazole rings is 1. The minimum Gasteiger partial charge on any atom is -0.480 e. The van der Waals surface area contributed by atoms with E-state index in [1.165, 1.54) is 36.8 Å². The van der Waals surface area contributed by atoms with E-state index < -0.39 is 12.0 Å². The van der Waals surface area contributed by atoms with Crippen molar-refractivity contribution in [2.75, 3.05) is 0 Å². The fraction of sp³-hybridized carbons (Fsp3) is 0.857. The zero-order chi connectivity index (χ0) is 13.9. The van der Waals surface area contributed by atoms with Crippen LogP contribution >= 0.6 is 0 Å². The number of nitrogens with zero attached hydrogens (tertiary/aromatic N) is 4. The first-order valence-corrected chi connectivity index (χ1v) is 7.64. The van der Waals surface area contributed by atoms with Crippen LogP contribution in [0.5, 0.6) is 0 Å². The molecular formula is C14H20N4O2. The van der Waals surface area contributed by atoms with E-state index in [-0.39, 0.29) is 0 Å². The van der Waals surface area contributed by atoms with Gasteiger partial charge in [-0.15, -0.1) is 5.10 Å². The van der Waals surface area contributed by atoms with Crippen LogP contribution in [0.3, 0.4) is 0 Å². The van der Waals surface area contributed by atoms with Gasteiger partial charge in [-0.1, -0.05) is 0 Å². The molecule has 1 N–H and O–H groups in total. The summed E-state index contributed by atoms with van der Waals surface area (Å²) < 4.78 is 1.54. The Labute approximate surface area is 117 Å². The Morgan fingerprint density at radius 2 is 1.80 bits per heavy atom. The molecule has 4 fully saturated rings. The average Bonchev–Trinajstić information content (AvgIpc) is 2.85. The largest absolute Gasteiger partial charge is 0.480 e. The van der Waals surface area contributed by atoms with Crippen molar-refractivity contribution in [3.63, 3.8) is 0 Å². The van der Waals surface area contributed by atoms with E-state index in [2.05, 4.69) is 15.5 Å². The van der Waals surface area contributed by atoms with Crippen LogP contribution in [-0.4, -0.2) is 31.3 Å². The maximum Gasteiger partial charge on any atom is 0.328 e. The molecule has 1 unspecified atom stereocenters. The maximum absolute atomic E-state index is 11.2. The maximum atomic E-state index is 11.2. The van der Waals surface area contributed by atoms with Gasteiger partial charge in [0.2, 0.25) is 0 Å². The third-order valence-electron chi connectivity index (χ3n) is 5.77. The van der Waals surface area contributed by atoms with Gasteiger partial charge in [-0.05, 0) is 73.1 Å². The lowest BCUT2D eigenvalue weighted by Gasteiger charge is -2.53. The molecular weight excluding hydrogens is 256 g/mol. The summed E-state index contributed by atoms with van der Waals surface area (Å²) in [5, 5.41) is 21.1. The SMILES string of the molecule is CC(C(=O)O)n1nnnc1C1C2CC3CC(C2)CC1C3. The molecule has 1 atom stereocenters. The van der Waals surface area contributed by atoms with Crippen LogP contribution in [0.4, 0.5) is 0 Å². The highest BCUT2D eigenvalue weighted by atomic mass is 16.4. The lowest BCUT2D eigenvalue weighted by Crippen LogP contribution is -2.45. The summed E-state index contributed by atoms with van der Waals surface area (Å²) in [6, 6.07) is -0.683. The number of carboxylic acids is 1. The number of aromatic nitrogens is 4. The van der Waals surface area contributed by atoms with Crippen LogP contribution in [0, 0.1) is 23.7 Å². The molecule has 1 aromatic heterocycles. The normalized spacial score (nSPS) is 40.0. The minimum atomic E-state index is -0.873. The molecule has 0 amide bonds. The molecule has 4 saturated carbocycles. The van der Waals surface area contributed by atoms with Gasteiger partial charge >= 0.3 is 5.97 Å². The standard InChI is InChI=1S/C14H20N4O2/c1-7(14(19)20)18-13(15-16-17-18)12-10-3-8-2-9(5-10)6-11(12)4-8/h7-12H,2-6H2,1H3,(H,19,20). The lowest BCUT2D eigenvalue weighted by molar-refractivity contribution is -0.140. The van der Waals surface area contributed by atoms with Gasteiger partial charge in [-0.25, -0.2) is 9.48 Å². The van der Waals surface area contributed by atoms with E-state index in [0.29, 0.717) is 17.8 Å². The summed E-state index contributed by atoms with van der Waals surface area (Å²) in [4.78, 5) is 11.2. The third kappa shape index (κ3) is 1.70. The molecule has 0 spiro atoms. The van der Waals surface area contributed by atoms with Gasteiger partial charge in [0.05, 0.1) is 0 Å². The zero-order valence-corrected chi connectivity index (χ0v) is 11.6. The molecule has 0 radical (unpaired) electrons. The van der Waals surface area contributed by atoms with Crippen molar-refractivity contribution in [2.45, 2.75) is 51.0 Å². The Hall–Kier alpha value is -1.46. The number of aliphatic carboxylic acids is 1. The van der Waals surface area contributed by atoms with E-state index in [0.717, 1.165) is 17.7 Å². The number of hydrogen-bond acceptors (Lipinski definition) is 4. The molecule has 0 saturated heterocycles. The molecule has 20 heavy (non-hydrogen) atoms. The van der Waals surface area contributed by atoms with E-state index in [1.54, 1.807) is 6.92 Å². The second-order valence-corrected chi connectivity index (χ2v) is 6.95. The Morgan fingerprint density at radius 3 is 2.35 bits per heavy atom. The monoisotopic (exact) mass is 276 g/mol. The first-order chi connectivity index (χ1) is 9.63. The summed E-state index contributed by atoms with van der Waals surface area (Å²) in [7, 11) is 0. The smallest absolute Gasteiger partial charge is 0.328 e.